The number of piperidine rings is 1. The highest BCUT2D eigenvalue weighted by Crippen LogP contribution is 2.12. The van der Waals surface area contributed by atoms with Crippen LogP contribution in [0.2, 0.25) is 0 Å². The molecule has 78 valence electrons. The van der Waals surface area contributed by atoms with Gasteiger partial charge in [-0.1, -0.05) is 0 Å². The van der Waals surface area contributed by atoms with Gasteiger partial charge in [-0.3, -0.25) is 0 Å². The molecule has 2 nitrogen and oxygen atoms in total. The summed E-state index contributed by atoms with van der Waals surface area (Å²) in [6.07, 6.45) is 1.78. The summed E-state index contributed by atoms with van der Waals surface area (Å²) >= 11 is 0. The van der Waals surface area contributed by atoms with Gasteiger partial charge in [-0.2, -0.15) is 0 Å². The van der Waals surface area contributed by atoms with E-state index in [1.165, 1.54) is 12.8 Å². The van der Waals surface area contributed by atoms with Crippen molar-refractivity contribution in [1.29, 1.82) is 0 Å². The van der Waals surface area contributed by atoms with Gasteiger partial charge in [-0.25, -0.2) is 4.39 Å². The fraction of sp³-hybridized carbons (Fsp3) is 1.00. The molecule has 0 saturated carbocycles. The molecule has 0 aromatic carbocycles. The molecule has 0 amide bonds. The van der Waals surface area contributed by atoms with Crippen LogP contribution in [0.25, 0.3) is 0 Å². The number of hydrogen-bond acceptors (Lipinski definition) is 2. The summed E-state index contributed by atoms with van der Waals surface area (Å²) in [7, 11) is 2.01. The lowest BCUT2D eigenvalue weighted by Crippen LogP contribution is -2.36. The third-order valence-electron chi connectivity index (χ3n) is 2.59. The van der Waals surface area contributed by atoms with Crippen molar-refractivity contribution in [3.8, 4) is 0 Å². The lowest BCUT2D eigenvalue weighted by Gasteiger charge is -2.27. The monoisotopic (exact) mass is 188 g/mol. The van der Waals surface area contributed by atoms with Gasteiger partial charge in [0.25, 0.3) is 0 Å². The quantitative estimate of drug-likeness (QED) is 0.715. The number of halogens is 1. The molecule has 1 heterocycles. The third kappa shape index (κ3) is 4.58. The van der Waals surface area contributed by atoms with Crippen molar-refractivity contribution >= 4 is 0 Å². The Morgan fingerprint density at radius 3 is 2.62 bits per heavy atom. The van der Waals surface area contributed by atoms with Crippen molar-refractivity contribution in [2.24, 2.45) is 5.92 Å². The number of hydrogen-bond donors (Lipinski definition) is 1. The molecule has 1 fully saturated rings. The molecule has 0 radical (unpaired) electrons. The maximum absolute atomic E-state index is 12.7. The van der Waals surface area contributed by atoms with Crippen molar-refractivity contribution in [3.63, 3.8) is 0 Å². The van der Waals surface area contributed by atoms with Crippen LogP contribution in [0.1, 0.15) is 19.8 Å². The Labute approximate surface area is 80.5 Å². The van der Waals surface area contributed by atoms with E-state index in [0.29, 0.717) is 6.54 Å². The number of alkyl halides is 1. The van der Waals surface area contributed by atoms with E-state index in [1.807, 2.05) is 7.05 Å². The minimum absolute atomic E-state index is 0.573. The van der Waals surface area contributed by atoms with E-state index < -0.39 is 6.17 Å². The van der Waals surface area contributed by atoms with E-state index >= 15 is 0 Å². The fourth-order valence-corrected chi connectivity index (χ4v) is 2.01. The average Bonchev–Trinajstić information content (AvgIpc) is 2.04. The first-order valence-electron chi connectivity index (χ1n) is 5.22. The van der Waals surface area contributed by atoms with E-state index in [0.717, 1.165) is 25.6 Å². The molecule has 0 aromatic heterocycles. The lowest BCUT2D eigenvalue weighted by molar-refractivity contribution is 0.192. The molecule has 0 aliphatic carbocycles. The molecular weight excluding hydrogens is 167 g/mol. The normalized spacial score (nSPS) is 22.2. The Hall–Kier alpha value is -0.150. The van der Waals surface area contributed by atoms with Crippen LogP contribution >= 0.6 is 0 Å². The van der Waals surface area contributed by atoms with E-state index in [-0.39, 0.29) is 0 Å². The second-order valence-corrected chi connectivity index (χ2v) is 4.20. The van der Waals surface area contributed by atoms with Crippen molar-refractivity contribution < 1.29 is 4.39 Å². The van der Waals surface area contributed by atoms with Crippen LogP contribution in [0.4, 0.5) is 4.39 Å². The highest BCUT2D eigenvalue weighted by molar-refractivity contribution is 4.71. The Kier molecular flexibility index (Phi) is 4.67. The molecule has 0 aromatic rings. The lowest BCUT2D eigenvalue weighted by atomic mass is 9.98. The first-order chi connectivity index (χ1) is 6.18. The van der Waals surface area contributed by atoms with Gasteiger partial charge in [0.2, 0.25) is 0 Å². The topological polar surface area (TPSA) is 15.3 Å². The molecule has 1 aliphatic rings. The smallest absolute Gasteiger partial charge is 0.110 e. The molecule has 1 N–H and O–H groups in total. The molecule has 1 rings (SSSR count). The molecule has 1 unspecified atom stereocenters. The van der Waals surface area contributed by atoms with Gasteiger partial charge >= 0.3 is 0 Å². The molecule has 1 saturated heterocycles. The summed E-state index contributed by atoms with van der Waals surface area (Å²) in [4.78, 5) is 2.11. The zero-order valence-electron chi connectivity index (χ0n) is 8.72. The number of rotatable bonds is 4. The Balaban J connectivity index is 2.14. The van der Waals surface area contributed by atoms with Crippen molar-refractivity contribution in [3.05, 3.63) is 0 Å². The van der Waals surface area contributed by atoms with Crippen LogP contribution < -0.4 is 5.32 Å². The van der Waals surface area contributed by atoms with Crippen molar-refractivity contribution in [2.45, 2.75) is 25.9 Å². The molecule has 13 heavy (non-hydrogen) atoms. The highest BCUT2D eigenvalue weighted by Gasteiger charge is 2.15. The first kappa shape index (κ1) is 10.9. The van der Waals surface area contributed by atoms with Gasteiger partial charge < -0.3 is 10.2 Å². The van der Waals surface area contributed by atoms with E-state index in [1.54, 1.807) is 6.92 Å². The average molecular weight is 188 g/mol. The van der Waals surface area contributed by atoms with Crippen LogP contribution in [0.3, 0.4) is 0 Å². The van der Waals surface area contributed by atoms with E-state index in [2.05, 4.69) is 10.2 Å². The van der Waals surface area contributed by atoms with E-state index in [4.69, 9.17) is 0 Å². The first-order valence-corrected chi connectivity index (χ1v) is 5.22. The molecule has 1 atom stereocenters. The maximum Gasteiger partial charge on any atom is 0.110 e. The summed E-state index contributed by atoms with van der Waals surface area (Å²) in [5.41, 5.74) is 0. The largest absolute Gasteiger partial charge is 0.317 e. The Morgan fingerprint density at radius 2 is 2.08 bits per heavy atom. The summed E-state index contributed by atoms with van der Waals surface area (Å²) in [5.74, 6) is 0.769. The summed E-state index contributed by atoms with van der Waals surface area (Å²) in [6.45, 7) is 5.51. The van der Waals surface area contributed by atoms with Crippen LogP contribution in [0, 0.1) is 5.92 Å². The predicted molar refractivity (Wildman–Crippen MR) is 53.7 cm³/mol. The maximum atomic E-state index is 12.7. The summed E-state index contributed by atoms with van der Waals surface area (Å²) in [6, 6.07) is 0. The Bertz CT molecular complexity index is 133. The summed E-state index contributed by atoms with van der Waals surface area (Å²) < 4.78 is 12.7. The molecule has 3 heteroatoms. The minimum Gasteiger partial charge on any atom is -0.317 e. The third-order valence-corrected chi connectivity index (χ3v) is 2.59. The molecule has 0 bridgehead atoms. The minimum atomic E-state index is -0.702. The molecule has 0 spiro atoms. The second kappa shape index (κ2) is 5.55. The van der Waals surface area contributed by atoms with Crippen LogP contribution in [0.5, 0.6) is 0 Å². The Morgan fingerprint density at radius 1 is 1.46 bits per heavy atom. The number of nitrogens with zero attached hydrogens (tertiary/aromatic N) is 1. The van der Waals surface area contributed by atoms with Gasteiger partial charge in [0.15, 0.2) is 0 Å². The highest BCUT2D eigenvalue weighted by atomic mass is 19.1. The number of nitrogens with one attached hydrogen (secondary N) is 1. The van der Waals surface area contributed by atoms with Crippen molar-refractivity contribution in [1.82, 2.24) is 10.2 Å². The molecular formula is C10H21FN2. The standard InChI is InChI=1S/C10H21FN2/c1-9(11)7-13(2)8-10-3-5-12-6-4-10/h9-10,12H,3-8H2,1-2H3. The van der Waals surface area contributed by atoms with Gasteiger partial charge in [0.05, 0.1) is 0 Å². The predicted octanol–water partition coefficient (Wildman–Crippen LogP) is 1.28. The van der Waals surface area contributed by atoms with Crippen LogP contribution in [-0.2, 0) is 0 Å². The van der Waals surface area contributed by atoms with Gasteiger partial charge in [-0.15, -0.1) is 0 Å². The fourth-order valence-electron chi connectivity index (χ4n) is 2.01. The van der Waals surface area contributed by atoms with Crippen LogP contribution in [-0.4, -0.2) is 44.3 Å². The van der Waals surface area contributed by atoms with E-state index in [9.17, 15) is 4.39 Å². The molecule has 1 aliphatic heterocycles. The van der Waals surface area contributed by atoms with Gasteiger partial charge in [0, 0.05) is 13.1 Å². The zero-order valence-corrected chi connectivity index (χ0v) is 8.72. The zero-order chi connectivity index (χ0) is 9.68. The van der Waals surface area contributed by atoms with Gasteiger partial charge in [0.1, 0.15) is 6.17 Å². The van der Waals surface area contributed by atoms with Crippen LogP contribution in [0.15, 0.2) is 0 Å². The second-order valence-electron chi connectivity index (χ2n) is 4.20. The SMILES string of the molecule is CC(F)CN(C)CC1CCNCC1. The van der Waals surface area contributed by atoms with Gasteiger partial charge in [-0.05, 0) is 45.8 Å². The summed E-state index contributed by atoms with van der Waals surface area (Å²) in [5, 5.41) is 3.34. The van der Waals surface area contributed by atoms with Crippen molar-refractivity contribution in [2.75, 3.05) is 33.2 Å².